The monoisotopic (exact) mass is 242 g/mol. The van der Waals surface area contributed by atoms with Crippen LogP contribution in [0.2, 0.25) is 0 Å². The smallest absolute Gasteiger partial charge is 0.405 e. The molecule has 0 unspecified atom stereocenters. The summed E-state index contributed by atoms with van der Waals surface area (Å²) in [6.07, 6.45) is -1.45. The third kappa shape index (κ3) is 3.24. The number of para-hydroxylation sites is 1. The van der Waals surface area contributed by atoms with E-state index in [1.54, 1.807) is 30.6 Å². The first kappa shape index (κ1) is 11.5. The maximum absolute atomic E-state index is 12.2. The number of ether oxygens (including phenoxy) is 1. The van der Waals surface area contributed by atoms with Crippen LogP contribution in [0.4, 0.5) is 13.2 Å². The number of rotatable bonds is 3. The quantitative estimate of drug-likeness (QED) is 0.827. The van der Waals surface area contributed by atoms with E-state index in [2.05, 4.69) is 9.84 Å². The third-order valence-electron chi connectivity index (χ3n) is 2.09. The number of aromatic nitrogens is 2. The molecule has 1 heterocycles. The van der Waals surface area contributed by atoms with Crippen LogP contribution >= 0.6 is 0 Å². The second-order valence-corrected chi connectivity index (χ2v) is 3.36. The highest BCUT2D eigenvalue weighted by atomic mass is 19.4. The van der Waals surface area contributed by atoms with Gasteiger partial charge in [-0.25, -0.2) is 0 Å². The van der Waals surface area contributed by atoms with Gasteiger partial charge >= 0.3 is 6.36 Å². The fourth-order valence-corrected chi connectivity index (χ4v) is 1.43. The molecular weight excluding hydrogens is 233 g/mol. The molecule has 0 fully saturated rings. The number of hydrogen-bond acceptors (Lipinski definition) is 2. The summed E-state index contributed by atoms with van der Waals surface area (Å²) in [5.74, 6) is -0.199. The van der Waals surface area contributed by atoms with Crippen LogP contribution in [-0.2, 0) is 6.54 Å². The summed E-state index contributed by atoms with van der Waals surface area (Å²) in [4.78, 5) is 0. The number of halogens is 3. The van der Waals surface area contributed by atoms with Crippen molar-refractivity contribution in [2.45, 2.75) is 12.9 Å². The topological polar surface area (TPSA) is 27.1 Å². The fraction of sp³-hybridized carbons (Fsp3) is 0.182. The molecule has 0 amide bonds. The predicted octanol–water partition coefficient (Wildman–Crippen LogP) is 2.83. The average molecular weight is 242 g/mol. The molecule has 1 aromatic heterocycles. The highest BCUT2D eigenvalue weighted by Crippen LogP contribution is 2.26. The molecule has 0 atom stereocenters. The van der Waals surface area contributed by atoms with Crippen molar-refractivity contribution >= 4 is 0 Å². The van der Waals surface area contributed by atoms with Crippen LogP contribution in [0.25, 0.3) is 0 Å². The van der Waals surface area contributed by atoms with Crippen molar-refractivity contribution in [3.63, 3.8) is 0 Å². The Kier molecular flexibility index (Phi) is 3.03. The van der Waals surface area contributed by atoms with Gasteiger partial charge in [0.2, 0.25) is 0 Å². The SMILES string of the molecule is FC(F)(F)Oc1ccccc1Cn1cccn1. The molecule has 6 heteroatoms. The lowest BCUT2D eigenvalue weighted by atomic mass is 10.2. The van der Waals surface area contributed by atoms with Gasteiger partial charge in [0.15, 0.2) is 0 Å². The summed E-state index contributed by atoms with van der Waals surface area (Å²) in [5.41, 5.74) is 0.425. The van der Waals surface area contributed by atoms with Gasteiger partial charge in [0.1, 0.15) is 5.75 Å². The maximum atomic E-state index is 12.2. The Morgan fingerprint density at radius 2 is 1.94 bits per heavy atom. The Morgan fingerprint density at radius 1 is 1.18 bits per heavy atom. The minimum Gasteiger partial charge on any atom is -0.405 e. The Labute approximate surface area is 95.4 Å². The number of benzene rings is 1. The molecule has 0 bridgehead atoms. The average Bonchev–Trinajstić information content (AvgIpc) is 2.71. The summed E-state index contributed by atoms with van der Waals surface area (Å²) < 4.78 is 41.9. The largest absolute Gasteiger partial charge is 0.573 e. The first-order valence-electron chi connectivity index (χ1n) is 4.86. The Hall–Kier alpha value is -1.98. The second kappa shape index (κ2) is 4.48. The lowest BCUT2D eigenvalue weighted by Crippen LogP contribution is -2.18. The number of alkyl halides is 3. The zero-order valence-corrected chi connectivity index (χ0v) is 8.69. The van der Waals surface area contributed by atoms with Crippen molar-refractivity contribution in [2.24, 2.45) is 0 Å². The van der Waals surface area contributed by atoms with E-state index in [9.17, 15) is 13.2 Å². The molecule has 0 saturated heterocycles. The van der Waals surface area contributed by atoms with Crippen molar-refractivity contribution in [1.29, 1.82) is 0 Å². The highest BCUT2D eigenvalue weighted by Gasteiger charge is 2.31. The van der Waals surface area contributed by atoms with Crippen LogP contribution in [0, 0.1) is 0 Å². The van der Waals surface area contributed by atoms with Crippen LogP contribution in [0.3, 0.4) is 0 Å². The zero-order chi connectivity index (χ0) is 12.3. The summed E-state index contributed by atoms with van der Waals surface area (Å²) in [6.45, 7) is 0.235. The van der Waals surface area contributed by atoms with Gasteiger partial charge in [-0.1, -0.05) is 18.2 Å². The molecule has 90 valence electrons. The van der Waals surface area contributed by atoms with Gasteiger partial charge in [-0.2, -0.15) is 5.10 Å². The van der Waals surface area contributed by atoms with Gasteiger partial charge in [0.05, 0.1) is 6.54 Å². The molecule has 0 aliphatic heterocycles. The first-order valence-corrected chi connectivity index (χ1v) is 4.86. The molecule has 17 heavy (non-hydrogen) atoms. The first-order chi connectivity index (χ1) is 8.04. The normalized spacial score (nSPS) is 11.5. The van der Waals surface area contributed by atoms with E-state index < -0.39 is 6.36 Å². The molecule has 2 aromatic rings. The van der Waals surface area contributed by atoms with Crippen LogP contribution in [-0.4, -0.2) is 16.1 Å². The molecule has 1 aromatic carbocycles. The van der Waals surface area contributed by atoms with E-state index in [0.717, 1.165) is 0 Å². The minimum absolute atomic E-state index is 0.199. The van der Waals surface area contributed by atoms with Gasteiger partial charge in [0.25, 0.3) is 0 Å². The van der Waals surface area contributed by atoms with Crippen molar-refractivity contribution in [3.8, 4) is 5.75 Å². The molecule has 0 N–H and O–H groups in total. The molecule has 2 rings (SSSR count). The van der Waals surface area contributed by atoms with E-state index in [1.165, 1.54) is 16.8 Å². The van der Waals surface area contributed by atoms with Gasteiger partial charge in [-0.15, -0.1) is 13.2 Å². The van der Waals surface area contributed by atoms with Crippen LogP contribution in [0.1, 0.15) is 5.56 Å². The third-order valence-corrected chi connectivity index (χ3v) is 2.09. The van der Waals surface area contributed by atoms with Crippen molar-refractivity contribution in [3.05, 3.63) is 48.3 Å². The van der Waals surface area contributed by atoms with Gasteiger partial charge in [-0.3, -0.25) is 4.68 Å². The lowest BCUT2D eigenvalue weighted by molar-refractivity contribution is -0.274. The molecule has 0 radical (unpaired) electrons. The van der Waals surface area contributed by atoms with Crippen LogP contribution in [0.15, 0.2) is 42.7 Å². The van der Waals surface area contributed by atoms with Crippen molar-refractivity contribution < 1.29 is 17.9 Å². The summed E-state index contributed by atoms with van der Waals surface area (Å²) in [6, 6.07) is 7.71. The standard InChI is InChI=1S/C11H9F3N2O/c12-11(13,14)17-10-5-2-1-4-9(10)8-16-7-3-6-15-16/h1-7H,8H2. The Balaban J connectivity index is 2.22. The molecule has 0 aliphatic rings. The van der Waals surface area contributed by atoms with Crippen LogP contribution in [0.5, 0.6) is 5.75 Å². The Morgan fingerprint density at radius 3 is 2.59 bits per heavy atom. The van der Waals surface area contributed by atoms with Crippen LogP contribution < -0.4 is 4.74 Å². The molecule has 0 spiro atoms. The van der Waals surface area contributed by atoms with E-state index >= 15 is 0 Å². The van der Waals surface area contributed by atoms with Gasteiger partial charge in [0, 0.05) is 18.0 Å². The highest BCUT2D eigenvalue weighted by molar-refractivity contribution is 5.33. The number of nitrogens with zero attached hydrogens (tertiary/aromatic N) is 2. The second-order valence-electron chi connectivity index (χ2n) is 3.36. The van der Waals surface area contributed by atoms with E-state index in [0.29, 0.717) is 5.56 Å². The van der Waals surface area contributed by atoms with Crippen molar-refractivity contribution in [2.75, 3.05) is 0 Å². The summed E-state index contributed by atoms with van der Waals surface area (Å²) in [7, 11) is 0. The fourth-order valence-electron chi connectivity index (χ4n) is 1.43. The van der Waals surface area contributed by atoms with E-state index in [-0.39, 0.29) is 12.3 Å². The zero-order valence-electron chi connectivity index (χ0n) is 8.69. The van der Waals surface area contributed by atoms with Gasteiger partial charge in [-0.05, 0) is 12.1 Å². The summed E-state index contributed by atoms with van der Waals surface area (Å²) >= 11 is 0. The molecule has 0 saturated carbocycles. The van der Waals surface area contributed by atoms with Gasteiger partial charge < -0.3 is 4.74 Å². The Bertz CT molecular complexity index is 480. The molecular formula is C11H9F3N2O. The molecule has 3 nitrogen and oxygen atoms in total. The van der Waals surface area contributed by atoms with E-state index in [1.807, 2.05) is 0 Å². The minimum atomic E-state index is -4.68. The predicted molar refractivity (Wildman–Crippen MR) is 54.5 cm³/mol. The number of hydrogen-bond donors (Lipinski definition) is 0. The summed E-state index contributed by atoms with van der Waals surface area (Å²) in [5, 5.41) is 3.93. The lowest BCUT2D eigenvalue weighted by Gasteiger charge is -2.13. The van der Waals surface area contributed by atoms with Crippen molar-refractivity contribution in [1.82, 2.24) is 9.78 Å². The maximum Gasteiger partial charge on any atom is 0.573 e. The molecule has 0 aliphatic carbocycles. The van der Waals surface area contributed by atoms with E-state index in [4.69, 9.17) is 0 Å².